The van der Waals surface area contributed by atoms with Gasteiger partial charge in [0.05, 0.1) is 0 Å². The van der Waals surface area contributed by atoms with E-state index in [0.29, 0.717) is 6.04 Å². The molecule has 1 atom stereocenters. The Kier molecular flexibility index (Phi) is 4.61. The first-order valence-electron chi connectivity index (χ1n) is 5.36. The molecule has 1 heterocycles. The van der Waals surface area contributed by atoms with E-state index in [-0.39, 0.29) is 4.75 Å². The van der Waals surface area contributed by atoms with E-state index in [1.807, 2.05) is 18.5 Å². The van der Waals surface area contributed by atoms with E-state index in [0.717, 1.165) is 6.42 Å². The van der Waals surface area contributed by atoms with Gasteiger partial charge in [0, 0.05) is 23.2 Å². The van der Waals surface area contributed by atoms with Crippen LogP contribution in [0.4, 0.5) is 0 Å². The van der Waals surface area contributed by atoms with Crippen LogP contribution in [0.5, 0.6) is 0 Å². The minimum Gasteiger partial charge on any atom is -0.264 e. The van der Waals surface area contributed by atoms with Crippen molar-refractivity contribution < 1.29 is 0 Å². The van der Waals surface area contributed by atoms with Gasteiger partial charge in [0.15, 0.2) is 0 Å². The average molecular weight is 224 g/mol. The molecule has 0 fully saturated rings. The maximum Gasteiger partial charge on any atom is 0.0434 e. The zero-order valence-corrected chi connectivity index (χ0v) is 10.8. The van der Waals surface area contributed by atoms with Crippen molar-refractivity contribution in [3.05, 3.63) is 30.1 Å². The summed E-state index contributed by atoms with van der Waals surface area (Å²) >= 11 is 1.78. The van der Waals surface area contributed by atoms with Crippen LogP contribution >= 0.6 is 11.9 Å². The van der Waals surface area contributed by atoms with Crippen LogP contribution in [-0.2, 0) is 0 Å². The van der Waals surface area contributed by atoms with Gasteiger partial charge in [-0.05, 0) is 38.8 Å². The molecular formula is C12H20N2S. The Labute approximate surface area is 97.0 Å². The molecule has 1 rings (SSSR count). The Morgan fingerprint density at radius 3 is 2.67 bits per heavy atom. The second-order valence-electron chi connectivity index (χ2n) is 4.58. The monoisotopic (exact) mass is 224 g/mol. The van der Waals surface area contributed by atoms with Gasteiger partial charge in [0.25, 0.3) is 0 Å². The van der Waals surface area contributed by atoms with Gasteiger partial charge in [-0.2, -0.15) is 0 Å². The number of nitrogens with one attached hydrogen (secondary N) is 1. The van der Waals surface area contributed by atoms with E-state index in [1.165, 1.54) is 5.56 Å². The summed E-state index contributed by atoms with van der Waals surface area (Å²) in [4.78, 5) is 4.15. The van der Waals surface area contributed by atoms with Crippen molar-refractivity contribution >= 4 is 11.9 Å². The highest BCUT2D eigenvalue weighted by atomic mass is 32.2. The summed E-state index contributed by atoms with van der Waals surface area (Å²) in [5.41, 5.74) is 1.26. The Hall–Kier alpha value is -0.540. The van der Waals surface area contributed by atoms with Gasteiger partial charge < -0.3 is 0 Å². The normalized spacial score (nSPS) is 13.9. The highest BCUT2D eigenvalue weighted by Gasteiger charge is 2.15. The lowest BCUT2D eigenvalue weighted by Gasteiger charge is -2.23. The summed E-state index contributed by atoms with van der Waals surface area (Å²) in [6.45, 7) is 8.82. The van der Waals surface area contributed by atoms with Crippen LogP contribution in [0, 0.1) is 0 Å². The minimum absolute atomic E-state index is 0.246. The summed E-state index contributed by atoms with van der Waals surface area (Å²) in [6, 6.07) is 4.50. The standard InChI is InChI=1S/C12H20N2S/c1-5-11(14-15-12(2,3)4)10-7-6-8-13-9-10/h6-9,11,14H,5H2,1-4H3. The summed E-state index contributed by atoms with van der Waals surface area (Å²) in [5, 5.41) is 0. The summed E-state index contributed by atoms with van der Waals surface area (Å²) in [7, 11) is 0. The van der Waals surface area contributed by atoms with Crippen LogP contribution in [0.15, 0.2) is 24.5 Å². The average Bonchev–Trinajstić information content (AvgIpc) is 2.19. The zero-order valence-electron chi connectivity index (χ0n) is 9.95. The van der Waals surface area contributed by atoms with Gasteiger partial charge >= 0.3 is 0 Å². The van der Waals surface area contributed by atoms with Crippen molar-refractivity contribution in [2.75, 3.05) is 0 Å². The van der Waals surface area contributed by atoms with Gasteiger partial charge in [-0.3, -0.25) is 9.71 Å². The quantitative estimate of drug-likeness (QED) is 0.791. The molecule has 0 aromatic carbocycles. The molecule has 0 saturated heterocycles. The van der Waals surface area contributed by atoms with Gasteiger partial charge in [-0.25, -0.2) is 0 Å². The molecule has 0 radical (unpaired) electrons. The first-order chi connectivity index (χ1) is 7.03. The lowest BCUT2D eigenvalue weighted by atomic mass is 10.1. The molecule has 15 heavy (non-hydrogen) atoms. The fraction of sp³-hybridized carbons (Fsp3) is 0.583. The third-order valence-corrected chi connectivity index (χ3v) is 3.02. The van der Waals surface area contributed by atoms with Gasteiger partial charge in [0.1, 0.15) is 0 Å². The molecule has 0 bridgehead atoms. The summed E-state index contributed by atoms with van der Waals surface area (Å²) in [6.07, 6.45) is 4.83. The van der Waals surface area contributed by atoms with Crippen molar-refractivity contribution in [1.29, 1.82) is 0 Å². The number of pyridine rings is 1. The van der Waals surface area contributed by atoms with Crippen LogP contribution in [-0.4, -0.2) is 9.73 Å². The Balaban J connectivity index is 2.58. The van der Waals surface area contributed by atoms with Crippen molar-refractivity contribution in [2.45, 2.75) is 44.9 Å². The predicted octanol–water partition coefficient (Wildman–Crippen LogP) is 3.57. The second-order valence-corrected chi connectivity index (χ2v) is 6.24. The molecule has 0 aliphatic rings. The van der Waals surface area contributed by atoms with E-state index in [2.05, 4.69) is 43.5 Å². The fourth-order valence-corrected chi connectivity index (χ4v) is 2.02. The molecule has 0 spiro atoms. The second kappa shape index (κ2) is 5.52. The van der Waals surface area contributed by atoms with Crippen molar-refractivity contribution in [3.63, 3.8) is 0 Å². The Morgan fingerprint density at radius 2 is 2.20 bits per heavy atom. The third kappa shape index (κ3) is 4.67. The topological polar surface area (TPSA) is 24.9 Å². The van der Waals surface area contributed by atoms with Crippen molar-refractivity contribution in [3.8, 4) is 0 Å². The molecule has 1 aromatic rings. The fourth-order valence-electron chi connectivity index (χ4n) is 1.22. The first kappa shape index (κ1) is 12.5. The highest BCUT2D eigenvalue weighted by molar-refractivity contribution is 7.98. The number of rotatable bonds is 4. The van der Waals surface area contributed by atoms with E-state index >= 15 is 0 Å². The van der Waals surface area contributed by atoms with Crippen LogP contribution in [0.2, 0.25) is 0 Å². The SMILES string of the molecule is CCC(NSC(C)(C)C)c1cccnc1. The van der Waals surface area contributed by atoms with Crippen molar-refractivity contribution in [2.24, 2.45) is 0 Å². The Morgan fingerprint density at radius 1 is 1.47 bits per heavy atom. The van der Waals surface area contributed by atoms with E-state index < -0.39 is 0 Å². The van der Waals surface area contributed by atoms with E-state index in [1.54, 1.807) is 11.9 Å². The third-order valence-electron chi connectivity index (χ3n) is 2.00. The van der Waals surface area contributed by atoms with Crippen molar-refractivity contribution in [1.82, 2.24) is 9.71 Å². The molecule has 0 aliphatic carbocycles. The molecule has 3 heteroatoms. The maximum absolute atomic E-state index is 4.15. The van der Waals surface area contributed by atoms with Crippen LogP contribution < -0.4 is 4.72 Å². The molecule has 1 unspecified atom stereocenters. The number of nitrogens with zero attached hydrogens (tertiary/aromatic N) is 1. The number of aromatic nitrogens is 1. The molecule has 84 valence electrons. The molecule has 0 amide bonds. The smallest absolute Gasteiger partial charge is 0.0434 e. The molecule has 0 saturated carbocycles. The first-order valence-corrected chi connectivity index (χ1v) is 6.18. The summed E-state index contributed by atoms with van der Waals surface area (Å²) < 4.78 is 3.75. The van der Waals surface area contributed by atoms with Crippen LogP contribution in [0.1, 0.15) is 45.7 Å². The molecule has 1 N–H and O–H groups in total. The van der Waals surface area contributed by atoms with Crippen LogP contribution in [0.25, 0.3) is 0 Å². The lowest BCUT2D eigenvalue weighted by molar-refractivity contribution is 0.639. The highest BCUT2D eigenvalue weighted by Crippen LogP contribution is 2.25. The largest absolute Gasteiger partial charge is 0.264 e. The van der Waals surface area contributed by atoms with Gasteiger partial charge in [-0.15, -0.1) is 0 Å². The molecular weight excluding hydrogens is 204 g/mol. The number of hydrogen-bond donors (Lipinski definition) is 1. The van der Waals surface area contributed by atoms with E-state index in [4.69, 9.17) is 0 Å². The molecule has 0 aliphatic heterocycles. The summed E-state index contributed by atoms with van der Waals surface area (Å²) in [5.74, 6) is 0. The molecule has 2 nitrogen and oxygen atoms in total. The number of hydrogen-bond acceptors (Lipinski definition) is 3. The maximum atomic E-state index is 4.15. The Bertz CT molecular complexity index is 279. The molecule has 1 aromatic heterocycles. The van der Waals surface area contributed by atoms with Gasteiger partial charge in [0.2, 0.25) is 0 Å². The van der Waals surface area contributed by atoms with E-state index in [9.17, 15) is 0 Å². The van der Waals surface area contributed by atoms with Gasteiger partial charge in [-0.1, -0.05) is 24.9 Å². The lowest BCUT2D eigenvalue weighted by Crippen LogP contribution is -2.21. The van der Waals surface area contributed by atoms with Crippen LogP contribution in [0.3, 0.4) is 0 Å². The minimum atomic E-state index is 0.246. The zero-order chi connectivity index (χ0) is 11.3. The predicted molar refractivity (Wildman–Crippen MR) is 67.7 cm³/mol.